The first-order valence-corrected chi connectivity index (χ1v) is 9.91. The second kappa shape index (κ2) is 8.32. The van der Waals surface area contributed by atoms with E-state index in [9.17, 15) is 14.7 Å². The minimum atomic E-state index is -0.654. The number of nitrogens with zero attached hydrogens (tertiary/aromatic N) is 2. The van der Waals surface area contributed by atoms with Crippen molar-refractivity contribution in [3.63, 3.8) is 0 Å². The van der Waals surface area contributed by atoms with Crippen LogP contribution in [0.25, 0.3) is 10.9 Å². The molecule has 0 saturated heterocycles. The van der Waals surface area contributed by atoms with Crippen molar-refractivity contribution in [1.82, 2.24) is 10.3 Å². The topological polar surface area (TPSA) is 107 Å². The van der Waals surface area contributed by atoms with Crippen LogP contribution >= 0.6 is 47.8 Å². The molecule has 0 bridgehead atoms. The second-order valence-corrected chi connectivity index (χ2v) is 8.01. The molecule has 1 heterocycles. The van der Waals surface area contributed by atoms with Gasteiger partial charge in [0.15, 0.2) is 5.69 Å². The lowest BCUT2D eigenvalue weighted by molar-refractivity contribution is -0.117. The summed E-state index contributed by atoms with van der Waals surface area (Å²) in [6.07, 6.45) is 0. The molecule has 3 aromatic rings. The van der Waals surface area contributed by atoms with E-state index in [0.29, 0.717) is 20.9 Å². The highest BCUT2D eigenvalue weighted by atomic mass is 79.9. The van der Waals surface area contributed by atoms with Gasteiger partial charge < -0.3 is 15.4 Å². The molecule has 10 heteroatoms. The fourth-order valence-corrected chi connectivity index (χ4v) is 4.12. The van der Waals surface area contributed by atoms with Crippen LogP contribution in [0.15, 0.2) is 60.0 Å². The number of amides is 2. The van der Waals surface area contributed by atoms with Gasteiger partial charge in [-0.1, -0.05) is 28.1 Å². The Balaban J connectivity index is 1.72. The van der Waals surface area contributed by atoms with E-state index in [-0.39, 0.29) is 18.1 Å². The average molecular weight is 559 g/mol. The van der Waals surface area contributed by atoms with Gasteiger partial charge in [-0.3, -0.25) is 9.59 Å². The molecule has 0 aliphatic carbocycles. The van der Waals surface area contributed by atoms with Crippen LogP contribution in [0, 0.1) is 0 Å². The van der Waals surface area contributed by atoms with E-state index < -0.39 is 11.8 Å². The van der Waals surface area contributed by atoms with Crippen LogP contribution in [0.4, 0.5) is 5.69 Å². The molecule has 0 unspecified atom stereocenters. The maximum absolute atomic E-state index is 12.1. The number of hydrogen-bond acceptors (Lipinski definition) is 4. The summed E-state index contributed by atoms with van der Waals surface area (Å²) < 4.78 is 2.11. The van der Waals surface area contributed by atoms with Crippen LogP contribution in [0.3, 0.4) is 0 Å². The Morgan fingerprint density at radius 3 is 2.59 bits per heavy atom. The van der Waals surface area contributed by atoms with Crippen LogP contribution < -0.4 is 5.32 Å². The molecule has 138 valence electrons. The van der Waals surface area contributed by atoms with Gasteiger partial charge in [0.25, 0.3) is 11.8 Å². The van der Waals surface area contributed by atoms with E-state index in [1.807, 2.05) is 6.07 Å². The molecule has 0 aliphatic rings. The first-order chi connectivity index (χ1) is 12.9. The number of H-pyrrole nitrogens is 1. The Hall–Kier alpha value is -2.04. The Kier molecular flexibility index (Phi) is 6.08. The minimum Gasteiger partial charge on any atom is -0.493 e. The van der Waals surface area contributed by atoms with Crippen LogP contribution in [0.2, 0.25) is 0 Å². The zero-order valence-electron chi connectivity index (χ0n) is 13.5. The van der Waals surface area contributed by atoms with Gasteiger partial charge in [0.05, 0.1) is 11.1 Å². The van der Waals surface area contributed by atoms with Crippen LogP contribution in [-0.2, 0) is 4.79 Å². The number of aromatic amines is 1. The molecule has 0 fully saturated rings. The molecule has 2 amide bonds. The summed E-state index contributed by atoms with van der Waals surface area (Å²) in [4.78, 5) is 26.8. The first kappa shape index (κ1) is 19.7. The normalized spacial score (nSPS) is 11.2. The van der Waals surface area contributed by atoms with Crippen molar-refractivity contribution in [1.29, 1.82) is 0 Å². The molecule has 0 saturated carbocycles. The molecular weight excluding hydrogens is 548 g/mol. The fourth-order valence-electron chi connectivity index (χ4n) is 2.33. The molecule has 3 rings (SSSR count). The third-order valence-corrected chi connectivity index (χ3v) is 5.33. The highest BCUT2D eigenvalue weighted by Crippen LogP contribution is 2.40. The Morgan fingerprint density at radius 2 is 1.85 bits per heavy atom. The van der Waals surface area contributed by atoms with E-state index in [4.69, 9.17) is 0 Å². The molecule has 0 spiro atoms. The number of azo groups is 1. The Morgan fingerprint density at radius 1 is 1.11 bits per heavy atom. The van der Waals surface area contributed by atoms with E-state index in [0.717, 1.165) is 8.95 Å². The predicted molar refractivity (Wildman–Crippen MR) is 111 cm³/mol. The highest BCUT2D eigenvalue weighted by molar-refractivity contribution is 9.11. The largest absolute Gasteiger partial charge is 0.493 e. The summed E-state index contributed by atoms with van der Waals surface area (Å²) in [5.41, 5.74) is 1.17. The van der Waals surface area contributed by atoms with Gasteiger partial charge in [0.2, 0.25) is 5.88 Å². The maximum Gasteiger partial charge on any atom is 0.283 e. The standard InChI is InChI=1S/C17H11Br3N4O3/c18-8-5-10-14(12(20)6-8)22-17(27)15(10)24-23-13(25)7-21-16(26)9-3-1-2-4-11(9)19/h1-6,22,27H,7H2,(H,21,26). The summed E-state index contributed by atoms with van der Waals surface area (Å²) in [6, 6.07) is 10.4. The first-order valence-electron chi connectivity index (χ1n) is 7.54. The van der Waals surface area contributed by atoms with Crippen molar-refractivity contribution in [2.45, 2.75) is 0 Å². The van der Waals surface area contributed by atoms with Gasteiger partial charge in [0, 0.05) is 18.8 Å². The van der Waals surface area contributed by atoms with Crippen LogP contribution in [0.1, 0.15) is 10.4 Å². The lowest BCUT2D eigenvalue weighted by atomic mass is 10.2. The lowest BCUT2D eigenvalue weighted by Crippen LogP contribution is -2.28. The minimum absolute atomic E-state index is 0.137. The number of carbonyl (C=O) groups excluding carboxylic acids is 2. The monoisotopic (exact) mass is 556 g/mol. The molecule has 7 nitrogen and oxygen atoms in total. The number of nitrogens with one attached hydrogen (secondary N) is 2. The quantitative estimate of drug-likeness (QED) is 0.383. The summed E-state index contributed by atoms with van der Waals surface area (Å²) in [5, 5.41) is 20.5. The summed E-state index contributed by atoms with van der Waals surface area (Å²) in [7, 11) is 0. The van der Waals surface area contributed by atoms with Crippen molar-refractivity contribution in [2.75, 3.05) is 6.54 Å². The summed E-state index contributed by atoms with van der Waals surface area (Å²) in [5.74, 6) is -1.27. The number of aromatic nitrogens is 1. The molecular formula is C17H11Br3N4O3. The SMILES string of the molecule is O=C(CNC(=O)c1ccccc1Br)N=Nc1c(O)[nH]c2c(Br)cc(Br)cc12. The molecule has 0 atom stereocenters. The molecule has 3 N–H and O–H groups in total. The average Bonchev–Trinajstić information content (AvgIpc) is 2.94. The van der Waals surface area contributed by atoms with E-state index >= 15 is 0 Å². The van der Waals surface area contributed by atoms with Gasteiger partial charge in [-0.15, -0.1) is 10.2 Å². The van der Waals surface area contributed by atoms with Crippen LogP contribution in [-0.4, -0.2) is 28.4 Å². The molecule has 0 radical (unpaired) electrons. The fraction of sp³-hybridized carbons (Fsp3) is 0.0588. The number of hydrogen-bond donors (Lipinski definition) is 3. The zero-order valence-corrected chi connectivity index (χ0v) is 18.2. The van der Waals surface area contributed by atoms with Gasteiger partial charge in [-0.25, -0.2) is 0 Å². The van der Waals surface area contributed by atoms with Crippen molar-refractivity contribution in [3.8, 4) is 5.88 Å². The Labute approximate surface area is 178 Å². The maximum atomic E-state index is 12.1. The number of halogens is 3. The van der Waals surface area contributed by atoms with Gasteiger partial charge >= 0.3 is 0 Å². The number of fused-ring (bicyclic) bond motifs is 1. The lowest BCUT2D eigenvalue weighted by Gasteiger charge is -2.04. The van der Waals surface area contributed by atoms with E-state index in [1.54, 1.807) is 30.3 Å². The summed E-state index contributed by atoms with van der Waals surface area (Å²) in [6.45, 7) is -0.319. The molecule has 2 aromatic carbocycles. The second-order valence-electron chi connectivity index (χ2n) is 5.39. The van der Waals surface area contributed by atoms with Crippen molar-refractivity contribution < 1.29 is 14.7 Å². The third kappa shape index (κ3) is 4.45. The van der Waals surface area contributed by atoms with Crippen molar-refractivity contribution >= 4 is 76.2 Å². The van der Waals surface area contributed by atoms with Crippen LogP contribution in [0.5, 0.6) is 5.88 Å². The smallest absolute Gasteiger partial charge is 0.283 e. The van der Waals surface area contributed by atoms with Gasteiger partial charge in [0.1, 0.15) is 6.54 Å². The predicted octanol–water partition coefficient (Wildman–Crippen LogP) is 5.20. The third-order valence-electron chi connectivity index (χ3n) is 3.56. The van der Waals surface area contributed by atoms with Gasteiger partial charge in [-0.2, -0.15) is 0 Å². The Bertz CT molecular complexity index is 1080. The number of rotatable bonds is 4. The van der Waals surface area contributed by atoms with Gasteiger partial charge in [-0.05, 0) is 56.1 Å². The number of benzene rings is 2. The van der Waals surface area contributed by atoms with Crippen molar-refractivity contribution in [3.05, 3.63) is 55.4 Å². The van der Waals surface area contributed by atoms with Crippen molar-refractivity contribution in [2.24, 2.45) is 10.2 Å². The molecule has 1 aromatic heterocycles. The number of carbonyl (C=O) groups is 2. The number of aromatic hydroxyl groups is 1. The van der Waals surface area contributed by atoms with E-state index in [1.165, 1.54) is 0 Å². The van der Waals surface area contributed by atoms with E-state index in [2.05, 4.69) is 68.3 Å². The zero-order chi connectivity index (χ0) is 19.6. The highest BCUT2D eigenvalue weighted by Gasteiger charge is 2.15. The summed E-state index contributed by atoms with van der Waals surface area (Å²) >= 11 is 10.0. The molecule has 0 aliphatic heterocycles. The molecule has 27 heavy (non-hydrogen) atoms.